The monoisotopic (exact) mass is 420 g/mol. The summed E-state index contributed by atoms with van der Waals surface area (Å²) < 4.78 is 49.8. The zero-order valence-electron chi connectivity index (χ0n) is 15.1. The minimum atomic E-state index is -5.20. The molecule has 1 aliphatic rings. The number of phenols is 2. The highest BCUT2D eigenvalue weighted by molar-refractivity contribution is 6.32. The Morgan fingerprint density at radius 1 is 1.03 bits per heavy atom. The van der Waals surface area contributed by atoms with Crippen molar-refractivity contribution in [1.29, 1.82) is 0 Å². The number of alkyl halides is 3. The number of carbonyl (C=O) groups excluding carboxylic acids is 3. The summed E-state index contributed by atoms with van der Waals surface area (Å²) >= 11 is 0. The smallest absolute Gasteiger partial charge is 0.450 e. The number of ketones is 2. The first-order chi connectivity index (χ1) is 14.1. The van der Waals surface area contributed by atoms with Crippen LogP contribution in [0.2, 0.25) is 0 Å². The van der Waals surface area contributed by atoms with Crippen molar-refractivity contribution in [2.24, 2.45) is 0 Å². The van der Waals surface area contributed by atoms with Gasteiger partial charge in [-0.3, -0.25) is 9.59 Å². The van der Waals surface area contributed by atoms with Gasteiger partial charge >= 0.3 is 12.1 Å². The van der Waals surface area contributed by atoms with Crippen LogP contribution in [0.5, 0.6) is 11.5 Å². The van der Waals surface area contributed by atoms with Gasteiger partial charge in [-0.2, -0.15) is 13.2 Å². The number of aromatic hydroxyl groups is 2. The number of furan rings is 1. The van der Waals surface area contributed by atoms with Crippen molar-refractivity contribution in [3.05, 3.63) is 57.8 Å². The Kier molecular flexibility index (Phi) is 4.12. The minimum absolute atomic E-state index is 0.0998. The van der Waals surface area contributed by atoms with E-state index in [-0.39, 0.29) is 17.7 Å². The number of hydrogen-bond donors (Lipinski definition) is 2. The third-order valence-corrected chi connectivity index (χ3v) is 4.69. The molecule has 0 aliphatic heterocycles. The van der Waals surface area contributed by atoms with E-state index in [1.807, 2.05) is 0 Å². The minimum Gasteiger partial charge on any atom is -0.506 e. The van der Waals surface area contributed by atoms with E-state index in [9.17, 15) is 37.8 Å². The maximum absolute atomic E-state index is 13.5. The fraction of sp³-hybridized carbons (Fsp3) is 0.150. The van der Waals surface area contributed by atoms with E-state index in [4.69, 9.17) is 0 Å². The van der Waals surface area contributed by atoms with E-state index in [0.29, 0.717) is 0 Å². The van der Waals surface area contributed by atoms with Crippen molar-refractivity contribution in [2.45, 2.75) is 13.1 Å². The maximum atomic E-state index is 13.5. The quantitative estimate of drug-likeness (QED) is 0.374. The number of ether oxygens (including phenoxy) is 1. The molecule has 7 nitrogen and oxygen atoms in total. The first-order valence-corrected chi connectivity index (χ1v) is 8.56. The van der Waals surface area contributed by atoms with Gasteiger partial charge in [-0.15, -0.1) is 0 Å². The fourth-order valence-corrected chi connectivity index (χ4v) is 3.49. The molecule has 2 aromatic carbocycles. The van der Waals surface area contributed by atoms with Gasteiger partial charge in [0.25, 0.3) is 0 Å². The Bertz CT molecular complexity index is 1270. The van der Waals surface area contributed by atoms with E-state index in [1.165, 1.54) is 31.2 Å². The lowest BCUT2D eigenvalue weighted by atomic mass is 9.82. The second-order valence-corrected chi connectivity index (χ2v) is 6.38. The van der Waals surface area contributed by atoms with Crippen LogP contribution >= 0.6 is 0 Å². The standard InChI is InChI=1S/C20H11F3O7/c1-2-29-19(28)12-11-15(26)9-10(16(27)17(11)30-18(12)20(21,22)23)14(25)8-6-4-3-5-7(8)13(9)24/h3-6,26-27H,2H2,1H3. The summed E-state index contributed by atoms with van der Waals surface area (Å²) in [6, 6.07) is 5.50. The highest BCUT2D eigenvalue weighted by Gasteiger charge is 2.46. The number of carbonyl (C=O) groups is 3. The van der Waals surface area contributed by atoms with Crippen LogP contribution in [-0.4, -0.2) is 34.4 Å². The number of benzene rings is 2. The Morgan fingerprint density at radius 3 is 2.07 bits per heavy atom. The average molecular weight is 420 g/mol. The molecule has 0 spiro atoms. The van der Waals surface area contributed by atoms with Crippen LogP contribution in [0.3, 0.4) is 0 Å². The molecule has 0 fully saturated rings. The Balaban J connectivity index is 2.16. The molecule has 2 N–H and O–H groups in total. The third kappa shape index (κ3) is 2.49. The largest absolute Gasteiger partial charge is 0.506 e. The van der Waals surface area contributed by atoms with Gasteiger partial charge in [0, 0.05) is 11.1 Å². The lowest BCUT2D eigenvalue weighted by molar-refractivity contribution is -0.152. The van der Waals surface area contributed by atoms with Crippen molar-refractivity contribution in [3.8, 4) is 11.5 Å². The summed E-state index contributed by atoms with van der Waals surface area (Å²) in [5, 5.41) is 20.4. The van der Waals surface area contributed by atoms with Crippen LogP contribution < -0.4 is 0 Å². The molecule has 0 bridgehead atoms. The lowest BCUT2D eigenvalue weighted by Gasteiger charge is -2.19. The van der Waals surface area contributed by atoms with Gasteiger partial charge in [-0.05, 0) is 6.92 Å². The van der Waals surface area contributed by atoms with E-state index in [1.54, 1.807) is 0 Å². The van der Waals surface area contributed by atoms with Crippen molar-refractivity contribution < 1.29 is 46.9 Å². The molecule has 154 valence electrons. The van der Waals surface area contributed by atoms with Gasteiger partial charge in [-0.25, -0.2) is 4.79 Å². The van der Waals surface area contributed by atoms with Crippen LogP contribution in [0, 0.1) is 0 Å². The molecule has 10 heteroatoms. The lowest BCUT2D eigenvalue weighted by Crippen LogP contribution is -2.21. The van der Waals surface area contributed by atoms with Crippen LogP contribution in [0.1, 0.15) is 54.9 Å². The van der Waals surface area contributed by atoms with Crippen LogP contribution in [0.15, 0.2) is 28.7 Å². The molecule has 3 aromatic rings. The average Bonchev–Trinajstić information content (AvgIpc) is 3.11. The molecule has 1 heterocycles. The maximum Gasteiger partial charge on any atom is 0.450 e. The van der Waals surface area contributed by atoms with E-state index in [2.05, 4.69) is 9.15 Å². The molecule has 4 rings (SSSR count). The highest BCUT2D eigenvalue weighted by atomic mass is 19.4. The molecule has 0 amide bonds. The van der Waals surface area contributed by atoms with Crippen molar-refractivity contribution in [3.63, 3.8) is 0 Å². The number of rotatable bonds is 2. The number of hydrogen-bond acceptors (Lipinski definition) is 7. The normalized spacial score (nSPS) is 13.3. The number of esters is 1. The Hall–Kier alpha value is -3.82. The van der Waals surface area contributed by atoms with Crippen molar-refractivity contribution in [1.82, 2.24) is 0 Å². The molecule has 0 unspecified atom stereocenters. The van der Waals surface area contributed by atoms with E-state index >= 15 is 0 Å². The SMILES string of the molecule is CCOC(=O)c1c(C(F)(F)F)oc2c(O)c3c(c(O)c12)C(=O)c1ccccc1C3=O. The van der Waals surface area contributed by atoms with Gasteiger partial charge in [0.2, 0.25) is 5.76 Å². The fourth-order valence-electron chi connectivity index (χ4n) is 3.49. The van der Waals surface area contributed by atoms with Gasteiger partial charge in [0.1, 0.15) is 11.3 Å². The molecule has 0 radical (unpaired) electrons. The highest BCUT2D eigenvalue weighted by Crippen LogP contribution is 2.49. The van der Waals surface area contributed by atoms with Gasteiger partial charge < -0.3 is 19.4 Å². The number of halogens is 3. The molecule has 1 aliphatic carbocycles. The summed E-state index contributed by atoms with van der Waals surface area (Å²) in [6.07, 6.45) is -5.20. The second-order valence-electron chi connectivity index (χ2n) is 6.38. The molecule has 0 atom stereocenters. The Morgan fingerprint density at radius 2 is 1.57 bits per heavy atom. The number of fused-ring (bicyclic) bond motifs is 3. The molecular weight excluding hydrogens is 409 g/mol. The van der Waals surface area contributed by atoms with E-state index < -0.39 is 68.6 Å². The van der Waals surface area contributed by atoms with Crippen LogP contribution in [0.25, 0.3) is 11.0 Å². The molecule has 1 aromatic heterocycles. The zero-order chi connectivity index (χ0) is 22.0. The van der Waals surface area contributed by atoms with E-state index in [0.717, 1.165) is 0 Å². The summed E-state index contributed by atoms with van der Waals surface area (Å²) in [5.41, 5.74) is -3.79. The second kappa shape index (κ2) is 6.34. The van der Waals surface area contributed by atoms with Crippen LogP contribution in [-0.2, 0) is 10.9 Å². The molecule has 0 saturated carbocycles. The van der Waals surface area contributed by atoms with Crippen molar-refractivity contribution in [2.75, 3.05) is 6.61 Å². The van der Waals surface area contributed by atoms with Crippen LogP contribution in [0.4, 0.5) is 13.2 Å². The summed E-state index contributed by atoms with van der Waals surface area (Å²) in [7, 11) is 0. The summed E-state index contributed by atoms with van der Waals surface area (Å²) in [4.78, 5) is 37.9. The molecule has 0 saturated heterocycles. The summed E-state index contributed by atoms with van der Waals surface area (Å²) in [6.45, 7) is 1.07. The molecular formula is C20H11F3O7. The van der Waals surface area contributed by atoms with Gasteiger partial charge in [0.05, 0.1) is 23.1 Å². The molecule has 30 heavy (non-hydrogen) atoms. The Labute approximate surface area is 165 Å². The van der Waals surface area contributed by atoms with Gasteiger partial charge in [0.15, 0.2) is 22.9 Å². The first kappa shape index (κ1) is 19.5. The topological polar surface area (TPSA) is 114 Å². The first-order valence-electron chi connectivity index (χ1n) is 8.56. The predicted molar refractivity (Wildman–Crippen MR) is 93.8 cm³/mol. The third-order valence-electron chi connectivity index (χ3n) is 4.69. The van der Waals surface area contributed by atoms with Crippen molar-refractivity contribution >= 4 is 28.5 Å². The summed E-state index contributed by atoms with van der Waals surface area (Å²) in [5.74, 6) is -7.29. The number of phenolic OH excluding ortho intramolecular Hbond substituents is 2. The zero-order valence-corrected chi connectivity index (χ0v) is 15.1. The van der Waals surface area contributed by atoms with Gasteiger partial charge in [-0.1, -0.05) is 24.3 Å². The predicted octanol–water partition coefficient (Wildman–Crippen LogP) is 3.81.